The lowest BCUT2D eigenvalue weighted by Crippen LogP contribution is -2.41. The molecule has 2 saturated heterocycles. The summed E-state index contributed by atoms with van der Waals surface area (Å²) < 4.78 is 10.4. The number of hydrogen-bond donors (Lipinski definition) is 1. The predicted octanol–water partition coefficient (Wildman–Crippen LogP) is 1.17. The number of carbonyl (C=O) groups excluding carboxylic acids is 1. The highest BCUT2D eigenvalue weighted by atomic mass is 32.2. The van der Waals surface area contributed by atoms with E-state index in [4.69, 9.17) is 14.6 Å². The molecular weight excluding hydrogens is 228 g/mol. The average molecular weight is 238 g/mol. The summed E-state index contributed by atoms with van der Waals surface area (Å²) in [6.45, 7) is 0. The van der Waals surface area contributed by atoms with Crippen LogP contribution in [0.3, 0.4) is 0 Å². The van der Waals surface area contributed by atoms with Gasteiger partial charge in [-0.2, -0.15) is 11.8 Å². The van der Waals surface area contributed by atoms with E-state index in [1.54, 1.807) is 23.9 Å². The predicted molar refractivity (Wildman–Crippen MR) is 58.6 cm³/mol. The van der Waals surface area contributed by atoms with E-state index in [-0.39, 0.29) is 29.8 Å². The number of furan rings is 1. The third kappa shape index (κ3) is 1.33. The van der Waals surface area contributed by atoms with E-state index in [9.17, 15) is 4.79 Å². The molecule has 1 aromatic heterocycles. The second-order valence-electron chi connectivity index (χ2n) is 3.72. The zero-order valence-electron chi connectivity index (χ0n) is 8.38. The Balaban J connectivity index is 1.89. The summed E-state index contributed by atoms with van der Waals surface area (Å²) in [6.07, 6.45) is 1.42. The monoisotopic (exact) mass is 238 g/mol. The highest BCUT2D eigenvalue weighted by Gasteiger charge is 2.46. The van der Waals surface area contributed by atoms with Gasteiger partial charge in [0.1, 0.15) is 6.10 Å². The van der Waals surface area contributed by atoms with Crippen LogP contribution < -0.4 is 0 Å². The average Bonchev–Trinajstić information content (AvgIpc) is 2.89. The molecule has 3 rings (SSSR count). The van der Waals surface area contributed by atoms with Crippen molar-refractivity contribution in [3.05, 3.63) is 24.2 Å². The Bertz CT molecular complexity index is 431. The Kier molecular flexibility index (Phi) is 2.17. The minimum Gasteiger partial charge on any atom is -0.459 e. The van der Waals surface area contributed by atoms with Crippen LogP contribution in [0.15, 0.2) is 22.8 Å². The number of amidine groups is 1. The van der Waals surface area contributed by atoms with Crippen molar-refractivity contribution in [2.24, 2.45) is 0 Å². The van der Waals surface area contributed by atoms with Gasteiger partial charge in [0.15, 0.2) is 5.76 Å². The topological polar surface area (TPSA) is 66.5 Å². The van der Waals surface area contributed by atoms with Crippen molar-refractivity contribution in [1.82, 2.24) is 4.90 Å². The summed E-state index contributed by atoms with van der Waals surface area (Å²) in [5.74, 6) is 1.63. The Morgan fingerprint density at radius 2 is 2.44 bits per heavy atom. The van der Waals surface area contributed by atoms with Gasteiger partial charge in [-0.05, 0) is 12.1 Å². The molecule has 0 spiro atoms. The molecule has 0 aromatic carbocycles. The van der Waals surface area contributed by atoms with E-state index in [1.807, 2.05) is 0 Å². The second-order valence-corrected chi connectivity index (χ2v) is 4.79. The first-order valence-corrected chi connectivity index (χ1v) is 6.13. The number of ether oxygens (including phenoxy) is 1. The molecule has 2 atom stereocenters. The molecule has 0 saturated carbocycles. The zero-order chi connectivity index (χ0) is 11.1. The summed E-state index contributed by atoms with van der Waals surface area (Å²) in [7, 11) is 0. The van der Waals surface area contributed by atoms with Crippen molar-refractivity contribution in [1.29, 1.82) is 5.41 Å². The molecule has 84 valence electrons. The summed E-state index contributed by atoms with van der Waals surface area (Å²) in [5, 5.41) is 7.67. The fourth-order valence-electron chi connectivity index (χ4n) is 1.99. The highest BCUT2D eigenvalue weighted by Crippen LogP contribution is 2.32. The molecule has 1 N–H and O–H groups in total. The molecular formula is C10H10N2O3S. The summed E-state index contributed by atoms with van der Waals surface area (Å²) in [4.78, 5) is 13.5. The van der Waals surface area contributed by atoms with Gasteiger partial charge in [0.2, 0.25) is 0 Å². The molecule has 0 unspecified atom stereocenters. The molecule has 0 radical (unpaired) electrons. The van der Waals surface area contributed by atoms with Crippen LogP contribution in [0.25, 0.3) is 0 Å². The number of thioether (sulfide) groups is 1. The van der Waals surface area contributed by atoms with Crippen LogP contribution in [0, 0.1) is 5.41 Å². The van der Waals surface area contributed by atoms with E-state index >= 15 is 0 Å². The first-order chi connectivity index (χ1) is 7.77. The molecule has 0 bridgehead atoms. The van der Waals surface area contributed by atoms with E-state index in [0.29, 0.717) is 0 Å². The largest absolute Gasteiger partial charge is 0.459 e. The molecule has 2 aliphatic rings. The summed E-state index contributed by atoms with van der Waals surface area (Å²) in [5.41, 5.74) is 0. The van der Waals surface area contributed by atoms with Crippen molar-refractivity contribution in [3.63, 3.8) is 0 Å². The maximum absolute atomic E-state index is 12.1. The summed E-state index contributed by atoms with van der Waals surface area (Å²) >= 11 is 1.74. The second kappa shape index (κ2) is 3.55. The van der Waals surface area contributed by atoms with Crippen LogP contribution in [0.1, 0.15) is 10.6 Å². The lowest BCUT2D eigenvalue weighted by Gasteiger charge is -2.17. The molecule has 16 heavy (non-hydrogen) atoms. The van der Waals surface area contributed by atoms with Crippen molar-refractivity contribution in [2.45, 2.75) is 12.1 Å². The fourth-order valence-corrected chi connectivity index (χ4v) is 3.25. The van der Waals surface area contributed by atoms with Crippen molar-refractivity contribution in [2.75, 3.05) is 11.5 Å². The third-order valence-electron chi connectivity index (χ3n) is 2.76. The standard InChI is InChI=1S/C10H10N2O3S/c11-10-12(6-4-16-5-8(6)15-10)9(13)7-2-1-3-14-7/h1-3,6,8,11H,4-5H2/t6-,8-/m1/s1. The van der Waals surface area contributed by atoms with Gasteiger partial charge in [0, 0.05) is 11.5 Å². The van der Waals surface area contributed by atoms with Crippen LogP contribution in [0.4, 0.5) is 0 Å². The molecule has 2 aliphatic heterocycles. The first kappa shape index (κ1) is 9.77. The number of fused-ring (bicyclic) bond motifs is 1. The van der Waals surface area contributed by atoms with Gasteiger partial charge in [0.25, 0.3) is 11.9 Å². The van der Waals surface area contributed by atoms with Gasteiger partial charge in [-0.3, -0.25) is 15.1 Å². The van der Waals surface area contributed by atoms with Gasteiger partial charge < -0.3 is 9.15 Å². The number of nitrogens with zero attached hydrogens (tertiary/aromatic N) is 1. The number of carbonyl (C=O) groups is 1. The van der Waals surface area contributed by atoms with Crippen LogP contribution in [-0.2, 0) is 4.74 Å². The number of nitrogens with one attached hydrogen (secondary N) is 1. The lowest BCUT2D eigenvalue weighted by atomic mass is 10.2. The van der Waals surface area contributed by atoms with Crippen LogP contribution in [0.5, 0.6) is 0 Å². The van der Waals surface area contributed by atoms with Gasteiger partial charge >= 0.3 is 0 Å². The highest BCUT2D eigenvalue weighted by molar-refractivity contribution is 7.99. The van der Waals surface area contributed by atoms with Gasteiger partial charge in [-0.25, -0.2) is 0 Å². The van der Waals surface area contributed by atoms with Gasteiger partial charge in [-0.15, -0.1) is 0 Å². The maximum Gasteiger partial charge on any atom is 0.297 e. The molecule has 6 heteroatoms. The normalized spacial score (nSPS) is 28.0. The number of hydrogen-bond acceptors (Lipinski definition) is 5. The minimum absolute atomic E-state index is 0.0184. The molecule has 2 fully saturated rings. The molecule has 1 amide bonds. The van der Waals surface area contributed by atoms with Crippen molar-refractivity contribution in [3.8, 4) is 0 Å². The Hall–Kier alpha value is -1.43. The van der Waals surface area contributed by atoms with E-state index in [2.05, 4.69) is 0 Å². The number of amides is 1. The SMILES string of the molecule is N=C1O[C@@H]2CSC[C@H]2N1C(=O)c1ccco1. The maximum atomic E-state index is 12.1. The van der Waals surface area contributed by atoms with Crippen LogP contribution in [-0.4, -0.2) is 40.5 Å². The van der Waals surface area contributed by atoms with Gasteiger partial charge in [0.05, 0.1) is 12.3 Å². The van der Waals surface area contributed by atoms with Crippen LogP contribution in [0.2, 0.25) is 0 Å². The van der Waals surface area contributed by atoms with Crippen molar-refractivity contribution >= 4 is 23.7 Å². The van der Waals surface area contributed by atoms with Crippen LogP contribution >= 0.6 is 11.8 Å². The first-order valence-electron chi connectivity index (χ1n) is 4.97. The molecule has 0 aliphatic carbocycles. The van der Waals surface area contributed by atoms with E-state index in [1.165, 1.54) is 11.2 Å². The van der Waals surface area contributed by atoms with Crippen molar-refractivity contribution < 1.29 is 13.9 Å². The minimum atomic E-state index is -0.287. The Morgan fingerprint density at radius 1 is 1.56 bits per heavy atom. The molecule has 1 aromatic rings. The zero-order valence-corrected chi connectivity index (χ0v) is 9.20. The molecule has 5 nitrogen and oxygen atoms in total. The van der Waals surface area contributed by atoms with E-state index < -0.39 is 0 Å². The Morgan fingerprint density at radius 3 is 3.19 bits per heavy atom. The summed E-state index contributed by atoms with van der Waals surface area (Å²) in [6, 6.07) is 3.19. The molecule has 3 heterocycles. The smallest absolute Gasteiger partial charge is 0.297 e. The quantitative estimate of drug-likeness (QED) is 0.797. The van der Waals surface area contributed by atoms with Gasteiger partial charge in [-0.1, -0.05) is 0 Å². The Labute approximate surface area is 96.2 Å². The fraction of sp³-hybridized carbons (Fsp3) is 0.400. The number of rotatable bonds is 1. The lowest BCUT2D eigenvalue weighted by molar-refractivity contribution is 0.0792. The third-order valence-corrected chi connectivity index (χ3v) is 3.91. The van der Waals surface area contributed by atoms with E-state index in [0.717, 1.165) is 11.5 Å².